The minimum atomic E-state index is -3.15. The van der Waals surface area contributed by atoms with Gasteiger partial charge in [-0.2, -0.15) is 0 Å². The zero-order chi connectivity index (χ0) is 19.9. The van der Waals surface area contributed by atoms with Crippen LogP contribution in [0.15, 0.2) is 15.9 Å². The molecule has 3 heterocycles. The van der Waals surface area contributed by atoms with Crippen molar-refractivity contribution < 1.29 is 13.2 Å². The lowest BCUT2D eigenvalue weighted by Gasteiger charge is -2.28. The second-order valence-corrected chi connectivity index (χ2v) is 9.13. The number of carbonyl (C=O) groups is 1. The molecule has 0 aliphatic carbocycles. The number of aryl methyl sites for hydroxylation is 2. The van der Waals surface area contributed by atoms with Crippen LogP contribution in [0.5, 0.6) is 0 Å². The number of aromatic nitrogens is 4. The van der Waals surface area contributed by atoms with Gasteiger partial charge in [-0.3, -0.25) is 14.2 Å². The van der Waals surface area contributed by atoms with Crippen molar-refractivity contribution in [1.29, 1.82) is 0 Å². The third-order valence-corrected chi connectivity index (χ3v) is 6.68. The van der Waals surface area contributed by atoms with Gasteiger partial charge in [0.25, 0.3) is 5.56 Å². The van der Waals surface area contributed by atoms with Crippen molar-refractivity contribution in [2.45, 2.75) is 32.4 Å². The highest BCUT2D eigenvalue weighted by Crippen LogP contribution is 2.18. The van der Waals surface area contributed by atoms with E-state index >= 15 is 0 Å². The van der Waals surface area contributed by atoms with Crippen LogP contribution in [0.4, 0.5) is 0 Å². The molecule has 1 saturated heterocycles. The molecule has 0 saturated carbocycles. The molecule has 1 fully saturated rings. The van der Waals surface area contributed by atoms with Crippen LogP contribution in [0.1, 0.15) is 19.8 Å². The van der Waals surface area contributed by atoms with Gasteiger partial charge in [0.1, 0.15) is 6.54 Å². The number of fused-ring (bicyclic) bond motifs is 1. The quantitative estimate of drug-likeness (QED) is 0.630. The summed E-state index contributed by atoms with van der Waals surface area (Å²) in [6.45, 7) is 1.84. The third-order valence-electron chi connectivity index (χ3n) is 4.93. The predicted molar refractivity (Wildman–Crippen MR) is 99.3 cm³/mol. The maximum Gasteiger partial charge on any atom is 0.332 e. The number of amides is 1. The summed E-state index contributed by atoms with van der Waals surface area (Å²) in [4.78, 5) is 43.7. The van der Waals surface area contributed by atoms with Crippen LogP contribution in [-0.2, 0) is 35.3 Å². The molecule has 0 aromatic carbocycles. The predicted octanol–water partition coefficient (Wildman–Crippen LogP) is -1.14. The largest absolute Gasteiger partial charge is 0.337 e. The Morgan fingerprint density at radius 1 is 1.33 bits per heavy atom. The number of carbonyl (C=O) groups excluding carboxylic acids is 1. The zero-order valence-corrected chi connectivity index (χ0v) is 16.4. The minimum absolute atomic E-state index is 0.0495. The number of nitrogens with zero attached hydrogens (tertiary/aromatic N) is 5. The monoisotopic (exact) mass is 397 g/mol. The van der Waals surface area contributed by atoms with E-state index < -0.39 is 39.6 Å². The molecule has 2 aromatic rings. The van der Waals surface area contributed by atoms with Gasteiger partial charge in [0.15, 0.2) is 21.0 Å². The van der Waals surface area contributed by atoms with Crippen LogP contribution in [0.25, 0.3) is 11.2 Å². The van der Waals surface area contributed by atoms with Gasteiger partial charge in [-0.1, -0.05) is 6.92 Å². The summed E-state index contributed by atoms with van der Waals surface area (Å²) in [6.07, 6.45) is 2.46. The van der Waals surface area contributed by atoms with Crippen LogP contribution in [-0.4, -0.2) is 62.0 Å². The van der Waals surface area contributed by atoms with Gasteiger partial charge in [0, 0.05) is 26.7 Å². The van der Waals surface area contributed by atoms with Crippen LogP contribution < -0.4 is 11.2 Å². The van der Waals surface area contributed by atoms with Gasteiger partial charge in [0.2, 0.25) is 5.91 Å². The average Bonchev–Trinajstić information content (AvgIpc) is 3.16. The highest BCUT2D eigenvalue weighted by molar-refractivity contribution is 7.91. The fourth-order valence-corrected chi connectivity index (χ4v) is 5.27. The van der Waals surface area contributed by atoms with Gasteiger partial charge >= 0.3 is 5.69 Å². The highest BCUT2D eigenvalue weighted by atomic mass is 32.2. The molecular formula is C16H23N5O5S. The van der Waals surface area contributed by atoms with E-state index in [0.29, 0.717) is 19.4 Å². The number of imidazole rings is 1. The number of rotatable bonds is 5. The Hall–Kier alpha value is -2.43. The fourth-order valence-electron chi connectivity index (χ4n) is 3.53. The third kappa shape index (κ3) is 3.43. The van der Waals surface area contributed by atoms with Gasteiger partial charge in [-0.25, -0.2) is 22.8 Å². The molecule has 2 aromatic heterocycles. The molecular weight excluding hydrogens is 374 g/mol. The van der Waals surface area contributed by atoms with Crippen LogP contribution in [0.3, 0.4) is 0 Å². The summed E-state index contributed by atoms with van der Waals surface area (Å²) >= 11 is 0. The first-order chi connectivity index (χ1) is 12.7. The lowest BCUT2D eigenvalue weighted by Crippen LogP contribution is -2.48. The highest BCUT2D eigenvalue weighted by Gasteiger charge is 2.34. The molecule has 1 aliphatic rings. The van der Waals surface area contributed by atoms with Crippen molar-refractivity contribution in [3.8, 4) is 0 Å². The maximum absolute atomic E-state index is 12.9. The first-order valence-corrected chi connectivity index (χ1v) is 10.6. The van der Waals surface area contributed by atoms with Crippen molar-refractivity contribution in [3.05, 3.63) is 27.2 Å². The molecule has 0 radical (unpaired) electrons. The average molecular weight is 397 g/mol. The Kier molecular flexibility index (Phi) is 4.98. The second kappa shape index (κ2) is 6.95. The van der Waals surface area contributed by atoms with Gasteiger partial charge in [-0.05, 0) is 12.8 Å². The Balaban J connectivity index is 1.98. The summed E-state index contributed by atoms with van der Waals surface area (Å²) in [5, 5.41) is 0. The summed E-state index contributed by atoms with van der Waals surface area (Å²) < 4.78 is 27.2. The first kappa shape index (κ1) is 19.3. The molecule has 148 valence electrons. The van der Waals surface area contributed by atoms with Crippen LogP contribution in [0.2, 0.25) is 0 Å². The summed E-state index contributed by atoms with van der Waals surface area (Å²) in [5.41, 5.74) is -0.731. The van der Waals surface area contributed by atoms with E-state index in [-0.39, 0.29) is 22.7 Å². The van der Waals surface area contributed by atoms with E-state index in [1.807, 2.05) is 6.92 Å². The number of sulfone groups is 1. The van der Waals surface area contributed by atoms with E-state index in [1.54, 1.807) is 7.05 Å². The molecule has 1 amide bonds. The molecule has 0 N–H and O–H groups in total. The summed E-state index contributed by atoms with van der Waals surface area (Å²) in [7, 11) is -0.0245. The molecule has 27 heavy (non-hydrogen) atoms. The van der Waals surface area contributed by atoms with Crippen molar-refractivity contribution >= 4 is 26.9 Å². The molecule has 1 atom stereocenters. The van der Waals surface area contributed by atoms with Crippen molar-refractivity contribution in [3.63, 3.8) is 0 Å². The molecule has 0 spiro atoms. The standard InChI is InChI=1S/C16H23N5O5S/c1-4-6-20(11-5-7-27(25,26)9-11)12(22)8-21-15(23)13-14(17-10-18(13)2)19(3)16(21)24/h10-11H,4-9H2,1-3H3. The molecule has 0 bridgehead atoms. The van der Waals surface area contributed by atoms with Crippen molar-refractivity contribution in [2.75, 3.05) is 18.1 Å². The van der Waals surface area contributed by atoms with Crippen molar-refractivity contribution in [2.24, 2.45) is 14.1 Å². The number of hydrogen-bond acceptors (Lipinski definition) is 6. The maximum atomic E-state index is 12.9. The van der Waals surface area contributed by atoms with Crippen molar-refractivity contribution in [1.82, 2.24) is 23.6 Å². The normalized spacial score (nSPS) is 18.9. The van der Waals surface area contributed by atoms with Crippen LogP contribution in [0, 0.1) is 0 Å². The van der Waals surface area contributed by atoms with Crippen LogP contribution >= 0.6 is 0 Å². The lowest BCUT2D eigenvalue weighted by atomic mass is 10.2. The Morgan fingerprint density at radius 3 is 2.63 bits per heavy atom. The minimum Gasteiger partial charge on any atom is -0.337 e. The molecule has 3 rings (SSSR count). The lowest BCUT2D eigenvalue weighted by molar-refractivity contribution is -0.133. The SMILES string of the molecule is CCCN(C(=O)Cn1c(=O)c2c(ncn2C)n(C)c1=O)C1CCS(=O)(=O)C1. The fraction of sp³-hybridized carbons (Fsp3) is 0.625. The smallest absolute Gasteiger partial charge is 0.332 e. The zero-order valence-electron chi connectivity index (χ0n) is 15.6. The molecule has 10 nitrogen and oxygen atoms in total. The van der Waals surface area contributed by atoms with Gasteiger partial charge < -0.3 is 9.47 Å². The number of hydrogen-bond donors (Lipinski definition) is 0. The molecule has 1 aliphatic heterocycles. The molecule has 1 unspecified atom stereocenters. The van der Waals surface area contributed by atoms with E-state index in [1.165, 1.54) is 27.4 Å². The summed E-state index contributed by atoms with van der Waals surface area (Å²) in [5.74, 6) is -0.458. The van der Waals surface area contributed by atoms with Gasteiger partial charge in [-0.15, -0.1) is 0 Å². The molecule has 11 heteroatoms. The van der Waals surface area contributed by atoms with E-state index in [2.05, 4.69) is 4.98 Å². The Labute approximate surface area is 155 Å². The first-order valence-electron chi connectivity index (χ1n) is 8.77. The second-order valence-electron chi connectivity index (χ2n) is 6.90. The Bertz CT molecular complexity index is 1110. The Morgan fingerprint density at radius 2 is 2.04 bits per heavy atom. The topological polar surface area (TPSA) is 116 Å². The van der Waals surface area contributed by atoms with E-state index in [9.17, 15) is 22.8 Å². The van der Waals surface area contributed by atoms with E-state index in [4.69, 9.17) is 0 Å². The van der Waals surface area contributed by atoms with E-state index in [0.717, 1.165) is 4.57 Å². The van der Waals surface area contributed by atoms with Gasteiger partial charge in [0.05, 0.1) is 17.8 Å². The summed E-state index contributed by atoms with van der Waals surface area (Å²) in [6, 6.07) is -0.414.